The molecule has 0 aromatic heterocycles. The monoisotopic (exact) mass is 412 g/mol. The first-order valence-electron chi connectivity index (χ1n) is 9.98. The van der Waals surface area contributed by atoms with Crippen molar-refractivity contribution >= 4 is 23.2 Å². The van der Waals surface area contributed by atoms with E-state index in [2.05, 4.69) is 5.32 Å². The number of nitrogens with one attached hydrogen (secondary N) is 1. The fraction of sp³-hybridized carbons (Fsp3) is 0.391. The largest absolute Gasteiger partial charge is 0.497 e. The highest BCUT2D eigenvalue weighted by molar-refractivity contribution is 5.92. The quantitative estimate of drug-likeness (QED) is 0.650. The lowest BCUT2D eigenvalue weighted by molar-refractivity contribution is -0.132. The fourth-order valence-electron chi connectivity index (χ4n) is 2.93. The van der Waals surface area contributed by atoms with Crippen molar-refractivity contribution in [1.29, 1.82) is 0 Å². The molecule has 30 heavy (non-hydrogen) atoms. The van der Waals surface area contributed by atoms with Crippen LogP contribution in [0.3, 0.4) is 0 Å². The maximum absolute atomic E-state index is 12.6. The molecule has 7 nitrogen and oxygen atoms in total. The van der Waals surface area contributed by atoms with Crippen molar-refractivity contribution in [3.05, 3.63) is 54.1 Å². The summed E-state index contributed by atoms with van der Waals surface area (Å²) in [6.45, 7) is 3.42. The molecule has 0 saturated carbocycles. The minimum atomic E-state index is -0.156. The van der Waals surface area contributed by atoms with E-state index in [4.69, 9.17) is 4.74 Å². The molecule has 7 heteroatoms. The predicted molar refractivity (Wildman–Crippen MR) is 121 cm³/mol. The van der Waals surface area contributed by atoms with E-state index in [1.165, 1.54) is 0 Å². The summed E-state index contributed by atoms with van der Waals surface area (Å²) in [4.78, 5) is 30.5. The number of rotatable bonds is 10. The van der Waals surface area contributed by atoms with E-state index in [9.17, 15) is 9.59 Å². The van der Waals surface area contributed by atoms with Gasteiger partial charge in [0.15, 0.2) is 0 Å². The number of benzene rings is 2. The molecule has 1 N–H and O–H groups in total. The zero-order chi connectivity index (χ0) is 22.1. The Morgan fingerprint density at radius 3 is 2.10 bits per heavy atom. The third kappa shape index (κ3) is 7.08. The summed E-state index contributed by atoms with van der Waals surface area (Å²) in [7, 11) is 7.37. The van der Waals surface area contributed by atoms with Crippen LogP contribution in [0.25, 0.3) is 0 Å². The molecule has 0 unspecified atom stereocenters. The van der Waals surface area contributed by atoms with Crippen LogP contribution < -0.4 is 15.0 Å². The molecule has 0 atom stereocenters. The summed E-state index contributed by atoms with van der Waals surface area (Å²) in [6, 6.07) is 15.3. The zero-order valence-electron chi connectivity index (χ0n) is 18.5. The van der Waals surface area contributed by atoms with Gasteiger partial charge in [-0.15, -0.1) is 0 Å². The van der Waals surface area contributed by atoms with Crippen molar-refractivity contribution in [2.45, 2.75) is 13.5 Å². The van der Waals surface area contributed by atoms with Crippen LogP contribution in [-0.2, 0) is 16.1 Å². The number of carbonyl (C=O) groups is 2. The van der Waals surface area contributed by atoms with Crippen LogP contribution in [0.4, 0.5) is 11.4 Å². The first-order chi connectivity index (χ1) is 14.3. The topological polar surface area (TPSA) is 65.1 Å². The zero-order valence-corrected chi connectivity index (χ0v) is 18.5. The third-order valence-electron chi connectivity index (χ3n) is 4.85. The molecule has 0 heterocycles. The average Bonchev–Trinajstić information content (AvgIpc) is 2.74. The Balaban J connectivity index is 1.85. The Kier molecular flexibility index (Phi) is 8.68. The van der Waals surface area contributed by atoms with Crippen LogP contribution in [0.5, 0.6) is 5.75 Å². The van der Waals surface area contributed by atoms with Gasteiger partial charge >= 0.3 is 0 Å². The summed E-state index contributed by atoms with van der Waals surface area (Å²) >= 11 is 0. The van der Waals surface area contributed by atoms with Crippen molar-refractivity contribution in [2.24, 2.45) is 0 Å². The van der Waals surface area contributed by atoms with Crippen LogP contribution in [0.1, 0.15) is 12.5 Å². The van der Waals surface area contributed by atoms with Crippen LogP contribution >= 0.6 is 0 Å². The Morgan fingerprint density at radius 2 is 1.57 bits per heavy atom. The molecule has 0 fully saturated rings. The highest BCUT2D eigenvalue weighted by Gasteiger charge is 2.16. The minimum Gasteiger partial charge on any atom is -0.497 e. The first-order valence-corrected chi connectivity index (χ1v) is 9.98. The van der Waals surface area contributed by atoms with Gasteiger partial charge in [-0.3, -0.25) is 14.5 Å². The fourth-order valence-corrected chi connectivity index (χ4v) is 2.93. The second-order valence-electron chi connectivity index (χ2n) is 7.39. The number of amides is 2. The lowest BCUT2D eigenvalue weighted by Gasteiger charge is -2.24. The molecule has 0 saturated heterocycles. The number of hydrogen-bond acceptors (Lipinski definition) is 5. The molecule has 2 rings (SSSR count). The molecule has 0 spiro atoms. The number of ether oxygens (including phenoxy) is 1. The maximum Gasteiger partial charge on any atom is 0.238 e. The highest BCUT2D eigenvalue weighted by atomic mass is 16.5. The Bertz CT molecular complexity index is 819. The highest BCUT2D eigenvalue weighted by Crippen LogP contribution is 2.15. The van der Waals surface area contributed by atoms with Gasteiger partial charge in [0.25, 0.3) is 0 Å². The minimum absolute atomic E-state index is 0.0224. The van der Waals surface area contributed by atoms with Gasteiger partial charge in [-0.1, -0.05) is 19.1 Å². The van der Waals surface area contributed by atoms with E-state index >= 15 is 0 Å². The number of carbonyl (C=O) groups excluding carboxylic acids is 2. The third-order valence-corrected chi connectivity index (χ3v) is 4.85. The van der Waals surface area contributed by atoms with Crippen LogP contribution in [0.15, 0.2) is 48.5 Å². The Morgan fingerprint density at radius 1 is 0.933 bits per heavy atom. The van der Waals surface area contributed by atoms with Gasteiger partial charge in [0.2, 0.25) is 11.8 Å². The number of anilines is 2. The lowest BCUT2D eigenvalue weighted by Crippen LogP contribution is -2.41. The molecule has 2 aromatic carbocycles. The second kappa shape index (κ2) is 11.2. The molecular weight excluding hydrogens is 380 g/mol. The van der Waals surface area contributed by atoms with Gasteiger partial charge in [-0.05, 0) is 48.5 Å². The molecular formula is C23H32N4O3. The van der Waals surface area contributed by atoms with Crippen LogP contribution in [0, 0.1) is 0 Å². The molecule has 0 aliphatic carbocycles. The van der Waals surface area contributed by atoms with Gasteiger partial charge in [-0.25, -0.2) is 0 Å². The summed E-state index contributed by atoms with van der Waals surface area (Å²) in [5, 5.41) is 2.85. The smallest absolute Gasteiger partial charge is 0.238 e. The van der Waals surface area contributed by atoms with Crippen molar-refractivity contribution in [2.75, 3.05) is 58.1 Å². The van der Waals surface area contributed by atoms with E-state index < -0.39 is 0 Å². The Labute approximate surface area is 179 Å². The normalized spacial score (nSPS) is 10.6. The average molecular weight is 413 g/mol. The van der Waals surface area contributed by atoms with Gasteiger partial charge in [-0.2, -0.15) is 0 Å². The molecule has 162 valence electrons. The standard InChI is InChI=1S/C23H32N4O3/c1-6-27(16-22(28)24-19-9-13-21(30-5)14-10-19)17-23(29)26(4)15-18-7-11-20(12-8-18)25(2)3/h7-14H,6,15-17H2,1-5H3,(H,24,28). The summed E-state index contributed by atoms with van der Waals surface area (Å²) in [6.07, 6.45) is 0. The Hall–Kier alpha value is -3.06. The first kappa shape index (κ1) is 23.2. The van der Waals surface area contributed by atoms with E-state index in [1.807, 2.05) is 55.1 Å². The molecule has 2 aromatic rings. The van der Waals surface area contributed by atoms with Gasteiger partial charge in [0.1, 0.15) is 5.75 Å². The molecule has 2 amide bonds. The summed E-state index contributed by atoms with van der Waals surface area (Å²) in [5.74, 6) is 0.552. The van der Waals surface area contributed by atoms with E-state index in [1.54, 1.807) is 43.3 Å². The van der Waals surface area contributed by atoms with Gasteiger partial charge in [0.05, 0.1) is 20.2 Å². The molecule has 0 aliphatic rings. The van der Waals surface area contributed by atoms with Crippen molar-refractivity contribution < 1.29 is 14.3 Å². The van der Waals surface area contributed by atoms with Crippen LogP contribution in [0.2, 0.25) is 0 Å². The number of methoxy groups -OCH3 is 1. The summed E-state index contributed by atoms with van der Waals surface area (Å²) in [5.41, 5.74) is 2.88. The predicted octanol–water partition coefficient (Wildman–Crippen LogP) is 2.68. The van der Waals surface area contributed by atoms with Crippen LogP contribution in [-0.4, -0.2) is 69.5 Å². The van der Waals surface area contributed by atoms with E-state index in [-0.39, 0.29) is 24.9 Å². The van der Waals surface area contributed by atoms with Gasteiger partial charge in [0, 0.05) is 39.1 Å². The SMILES string of the molecule is CCN(CC(=O)Nc1ccc(OC)cc1)CC(=O)N(C)Cc1ccc(N(C)C)cc1. The van der Waals surface area contributed by atoms with Crippen molar-refractivity contribution in [3.8, 4) is 5.75 Å². The maximum atomic E-state index is 12.6. The van der Waals surface area contributed by atoms with Gasteiger partial charge < -0.3 is 19.9 Å². The van der Waals surface area contributed by atoms with Crippen molar-refractivity contribution in [1.82, 2.24) is 9.80 Å². The van der Waals surface area contributed by atoms with E-state index in [0.29, 0.717) is 18.8 Å². The van der Waals surface area contributed by atoms with Crippen molar-refractivity contribution in [3.63, 3.8) is 0 Å². The van der Waals surface area contributed by atoms with E-state index in [0.717, 1.165) is 17.0 Å². The number of hydrogen-bond donors (Lipinski definition) is 1. The number of likely N-dealkylation sites (N-methyl/N-ethyl adjacent to an activating group) is 2. The molecule has 0 aliphatic heterocycles. The molecule has 0 bridgehead atoms. The molecule has 0 radical (unpaired) electrons. The lowest BCUT2D eigenvalue weighted by atomic mass is 10.2. The second-order valence-corrected chi connectivity index (χ2v) is 7.39. The summed E-state index contributed by atoms with van der Waals surface area (Å²) < 4.78 is 5.12. The number of nitrogens with zero attached hydrogens (tertiary/aromatic N) is 3.